The third-order valence-corrected chi connectivity index (χ3v) is 5.16. The van der Waals surface area contributed by atoms with Gasteiger partial charge in [0.2, 0.25) is 0 Å². The van der Waals surface area contributed by atoms with Crippen LogP contribution in [0.4, 0.5) is 0 Å². The minimum Gasteiger partial charge on any atom is -0.293 e. The van der Waals surface area contributed by atoms with Crippen LogP contribution in [0.25, 0.3) is 10.2 Å². The van der Waals surface area contributed by atoms with Gasteiger partial charge in [-0.2, -0.15) is 0 Å². The van der Waals surface area contributed by atoms with E-state index < -0.39 is 0 Å². The summed E-state index contributed by atoms with van der Waals surface area (Å²) in [5.41, 5.74) is 4.00. The van der Waals surface area contributed by atoms with Crippen molar-refractivity contribution in [1.82, 2.24) is 9.88 Å². The topological polar surface area (TPSA) is 16.1 Å². The molecule has 0 saturated carbocycles. The van der Waals surface area contributed by atoms with Crippen LogP contribution in [0.2, 0.25) is 0 Å². The number of hydrogen-bond donors (Lipinski definition) is 0. The van der Waals surface area contributed by atoms with Crippen LogP contribution in [-0.2, 0) is 6.42 Å². The van der Waals surface area contributed by atoms with Crippen LogP contribution in [0.15, 0.2) is 48.5 Å². The SMILES string of the molecule is CN1CCc2ccccc2C1c1nc2ccccc2s1. The molecule has 1 aliphatic rings. The van der Waals surface area contributed by atoms with Crippen LogP contribution in [0.1, 0.15) is 22.2 Å². The fraction of sp³-hybridized carbons (Fsp3) is 0.235. The molecule has 2 aromatic carbocycles. The van der Waals surface area contributed by atoms with E-state index in [1.807, 2.05) is 11.3 Å². The molecule has 100 valence electrons. The Balaban J connectivity index is 1.88. The molecule has 0 N–H and O–H groups in total. The Kier molecular flexibility index (Phi) is 2.83. The maximum absolute atomic E-state index is 4.86. The van der Waals surface area contributed by atoms with Gasteiger partial charge in [-0.05, 0) is 36.7 Å². The molecule has 1 aromatic heterocycles. The second-order valence-electron chi connectivity index (χ2n) is 5.35. The number of thiazole rings is 1. The summed E-state index contributed by atoms with van der Waals surface area (Å²) in [7, 11) is 2.20. The molecule has 0 radical (unpaired) electrons. The summed E-state index contributed by atoms with van der Waals surface area (Å²) in [5.74, 6) is 0. The third-order valence-electron chi connectivity index (χ3n) is 4.07. The smallest absolute Gasteiger partial charge is 0.116 e. The lowest BCUT2D eigenvalue weighted by Gasteiger charge is -2.33. The van der Waals surface area contributed by atoms with Crippen molar-refractivity contribution >= 4 is 21.6 Å². The Morgan fingerprint density at radius 3 is 2.80 bits per heavy atom. The molecule has 1 unspecified atom stereocenters. The highest BCUT2D eigenvalue weighted by Crippen LogP contribution is 2.37. The van der Waals surface area contributed by atoms with E-state index in [0.29, 0.717) is 6.04 Å². The molecule has 3 heteroatoms. The van der Waals surface area contributed by atoms with E-state index in [-0.39, 0.29) is 0 Å². The van der Waals surface area contributed by atoms with E-state index in [1.165, 1.54) is 20.8 Å². The molecule has 2 heterocycles. The van der Waals surface area contributed by atoms with E-state index >= 15 is 0 Å². The molecule has 0 spiro atoms. The van der Waals surface area contributed by atoms with Crippen molar-refractivity contribution in [3.63, 3.8) is 0 Å². The Morgan fingerprint density at radius 1 is 1.10 bits per heavy atom. The van der Waals surface area contributed by atoms with E-state index in [4.69, 9.17) is 4.98 Å². The molecule has 0 amide bonds. The quantitative estimate of drug-likeness (QED) is 0.672. The first kappa shape index (κ1) is 12.1. The Morgan fingerprint density at radius 2 is 1.90 bits per heavy atom. The summed E-state index contributed by atoms with van der Waals surface area (Å²) < 4.78 is 1.28. The lowest BCUT2D eigenvalue weighted by Crippen LogP contribution is -2.32. The van der Waals surface area contributed by atoms with Gasteiger partial charge in [-0.3, -0.25) is 4.90 Å². The van der Waals surface area contributed by atoms with E-state index in [1.54, 1.807) is 0 Å². The van der Waals surface area contributed by atoms with Crippen LogP contribution < -0.4 is 0 Å². The van der Waals surface area contributed by atoms with Gasteiger partial charge in [0.05, 0.1) is 16.3 Å². The van der Waals surface area contributed by atoms with Crippen molar-refractivity contribution < 1.29 is 0 Å². The van der Waals surface area contributed by atoms with Crippen molar-refractivity contribution in [2.24, 2.45) is 0 Å². The number of nitrogens with zero attached hydrogens (tertiary/aromatic N) is 2. The first-order chi connectivity index (χ1) is 9.83. The molecule has 4 rings (SSSR count). The highest BCUT2D eigenvalue weighted by Gasteiger charge is 2.28. The minimum absolute atomic E-state index is 0.303. The van der Waals surface area contributed by atoms with Gasteiger partial charge in [0, 0.05) is 6.54 Å². The first-order valence-corrected chi connectivity index (χ1v) is 7.78. The summed E-state index contributed by atoms with van der Waals surface area (Å²) in [5, 5.41) is 1.21. The number of para-hydroxylation sites is 1. The zero-order valence-corrected chi connectivity index (χ0v) is 12.2. The molecule has 0 fully saturated rings. The van der Waals surface area contributed by atoms with Crippen LogP contribution in [0.5, 0.6) is 0 Å². The van der Waals surface area contributed by atoms with E-state index in [2.05, 4.69) is 60.5 Å². The predicted octanol–water partition coefficient (Wildman–Crippen LogP) is 3.87. The zero-order chi connectivity index (χ0) is 13.5. The molecule has 2 nitrogen and oxygen atoms in total. The third kappa shape index (κ3) is 1.86. The largest absolute Gasteiger partial charge is 0.293 e. The van der Waals surface area contributed by atoms with Crippen LogP contribution in [0, 0.1) is 0 Å². The fourth-order valence-electron chi connectivity index (χ4n) is 3.02. The van der Waals surface area contributed by atoms with Crippen molar-refractivity contribution in [1.29, 1.82) is 0 Å². The number of likely N-dealkylation sites (N-methyl/N-ethyl adjacent to an activating group) is 1. The van der Waals surface area contributed by atoms with E-state index in [0.717, 1.165) is 18.5 Å². The van der Waals surface area contributed by atoms with Crippen molar-refractivity contribution in [2.45, 2.75) is 12.5 Å². The summed E-state index contributed by atoms with van der Waals surface area (Å²) in [6.45, 7) is 1.09. The maximum atomic E-state index is 4.86. The number of hydrogen-bond acceptors (Lipinski definition) is 3. The van der Waals surface area contributed by atoms with Crippen LogP contribution in [0.3, 0.4) is 0 Å². The van der Waals surface area contributed by atoms with Crippen LogP contribution >= 0.6 is 11.3 Å². The summed E-state index contributed by atoms with van der Waals surface area (Å²) in [6, 6.07) is 17.5. The van der Waals surface area contributed by atoms with Crippen molar-refractivity contribution in [3.05, 3.63) is 64.7 Å². The molecule has 1 aliphatic heterocycles. The standard InChI is InChI=1S/C17H16N2S/c1-19-11-10-12-6-2-3-7-13(12)16(19)17-18-14-8-4-5-9-15(14)20-17/h2-9,16H,10-11H2,1H3. The minimum atomic E-state index is 0.303. The highest BCUT2D eigenvalue weighted by molar-refractivity contribution is 7.18. The van der Waals surface area contributed by atoms with Gasteiger partial charge in [0.15, 0.2) is 0 Å². The van der Waals surface area contributed by atoms with Crippen molar-refractivity contribution in [2.75, 3.05) is 13.6 Å². The second-order valence-corrected chi connectivity index (χ2v) is 6.41. The molecular weight excluding hydrogens is 264 g/mol. The molecule has 20 heavy (non-hydrogen) atoms. The zero-order valence-electron chi connectivity index (χ0n) is 11.4. The second kappa shape index (κ2) is 4.69. The molecule has 0 aliphatic carbocycles. The van der Waals surface area contributed by atoms with Gasteiger partial charge < -0.3 is 0 Å². The summed E-state index contributed by atoms with van der Waals surface area (Å²) in [4.78, 5) is 7.28. The van der Waals surface area contributed by atoms with Gasteiger partial charge in [0.25, 0.3) is 0 Å². The summed E-state index contributed by atoms with van der Waals surface area (Å²) >= 11 is 1.82. The average Bonchev–Trinajstić information content (AvgIpc) is 2.90. The van der Waals surface area contributed by atoms with Gasteiger partial charge >= 0.3 is 0 Å². The average molecular weight is 280 g/mol. The number of benzene rings is 2. The van der Waals surface area contributed by atoms with Crippen LogP contribution in [-0.4, -0.2) is 23.5 Å². The maximum Gasteiger partial charge on any atom is 0.116 e. The normalized spacial score (nSPS) is 19.1. The lowest BCUT2D eigenvalue weighted by atomic mass is 9.93. The predicted molar refractivity (Wildman–Crippen MR) is 84.2 cm³/mol. The Hall–Kier alpha value is -1.71. The summed E-state index contributed by atoms with van der Waals surface area (Å²) in [6.07, 6.45) is 1.13. The number of fused-ring (bicyclic) bond motifs is 2. The monoisotopic (exact) mass is 280 g/mol. The van der Waals surface area contributed by atoms with Gasteiger partial charge in [-0.25, -0.2) is 4.98 Å². The fourth-order valence-corrected chi connectivity index (χ4v) is 4.17. The number of aromatic nitrogens is 1. The number of rotatable bonds is 1. The van der Waals surface area contributed by atoms with E-state index in [9.17, 15) is 0 Å². The van der Waals surface area contributed by atoms with Gasteiger partial charge in [0.1, 0.15) is 5.01 Å². The molecule has 1 atom stereocenters. The van der Waals surface area contributed by atoms with Gasteiger partial charge in [-0.15, -0.1) is 11.3 Å². The first-order valence-electron chi connectivity index (χ1n) is 6.96. The van der Waals surface area contributed by atoms with Gasteiger partial charge in [-0.1, -0.05) is 36.4 Å². The molecule has 0 saturated heterocycles. The Labute approximate surface area is 122 Å². The van der Waals surface area contributed by atoms with Crippen molar-refractivity contribution in [3.8, 4) is 0 Å². The molecule has 3 aromatic rings. The highest BCUT2D eigenvalue weighted by atomic mass is 32.1. The lowest BCUT2D eigenvalue weighted by molar-refractivity contribution is 0.264. The Bertz CT molecular complexity index is 729. The molecular formula is C17H16N2S. The molecule has 0 bridgehead atoms.